The number of rotatable bonds is 6. The molecule has 0 aromatic rings. The molecule has 2 nitrogen and oxygen atoms in total. The monoisotopic (exact) mass is 226 g/mol. The van der Waals surface area contributed by atoms with Gasteiger partial charge in [0.05, 0.1) is 0 Å². The molecule has 0 aliphatic heterocycles. The Labute approximate surface area is 102 Å². The smallest absolute Gasteiger partial charge is 0.0166 e. The van der Waals surface area contributed by atoms with E-state index in [-0.39, 0.29) is 0 Å². The minimum Gasteiger partial charge on any atom is -0.313 e. The maximum Gasteiger partial charge on any atom is 0.0166 e. The summed E-state index contributed by atoms with van der Waals surface area (Å²) in [4.78, 5) is 2.38. The summed E-state index contributed by atoms with van der Waals surface area (Å²) < 4.78 is 0. The first kappa shape index (κ1) is 14.0. The lowest BCUT2D eigenvalue weighted by molar-refractivity contribution is 0.258. The predicted molar refractivity (Wildman–Crippen MR) is 71.8 cm³/mol. The van der Waals surface area contributed by atoms with Crippen molar-refractivity contribution in [3.8, 4) is 0 Å². The zero-order valence-electron chi connectivity index (χ0n) is 11.6. The molecular formula is C14H30N2. The van der Waals surface area contributed by atoms with E-state index in [9.17, 15) is 0 Å². The standard InChI is InChI=1S/C14H30N2/c1-5-16(4)11-13(3)15-10-14-8-6-12(2)7-9-14/h12-15H,5-11H2,1-4H3. The molecule has 1 atom stereocenters. The number of hydrogen-bond donors (Lipinski definition) is 1. The molecule has 1 N–H and O–H groups in total. The van der Waals surface area contributed by atoms with Crippen LogP contribution in [0.15, 0.2) is 0 Å². The lowest BCUT2D eigenvalue weighted by Crippen LogP contribution is -2.40. The number of nitrogens with one attached hydrogen (secondary N) is 1. The van der Waals surface area contributed by atoms with E-state index in [2.05, 4.69) is 38.0 Å². The summed E-state index contributed by atoms with van der Waals surface area (Å²) in [7, 11) is 2.19. The lowest BCUT2D eigenvalue weighted by Gasteiger charge is -2.28. The Morgan fingerprint density at radius 2 is 1.88 bits per heavy atom. The number of nitrogens with zero attached hydrogens (tertiary/aromatic N) is 1. The Balaban J connectivity index is 2.09. The topological polar surface area (TPSA) is 15.3 Å². The highest BCUT2D eigenvalue weighted by molar-refractivity contribution is 4.74. The molecule has 0 amide bonds. The van der Waals surface area contributed by atoms with Crippen LogP contribution in [0.3, 0.4) is 0 Å². The largest absolute Gasteiger partial charge is 0.313 e. The Kier molecular flexibility index (Phi) is 6.37. The molecule has 1 unspecified atom stereocenters. The van der Waals surface area contributed by atoms with Gasteiger partial charge in [0, 0.05) is 12.6 Å². The first-order chi connectivity index (χ1) is 7.61. The van der Waals surface area contributed by atoms with Crippen molar-refractivity contribution in [2.75, 3.05) is 26.7 Å². The van der Waals surface area contributed by atoms with Gasteiger partial charge in [0.15, 0.2) is 0 Å². The Hall–Kier alpha value is -0.0800. The van der Waals surface area contributed by atoms with Crippen LogP contribution in [0.1, 0.15) is 46.5 Å². The second kappa shape index (κ2) is 7.29. The van der Waals surface area contributed by atoms with E-state index in [0.717, 1.165) is 18.4 Å². The highest BCUT2D eigenvalue weighted by Gasteiger charge is 2.18. The zero-order valence-corrected chi connectivity index (χ0v) is 11.6. The quantitative estimate of drug-likeness (QED) is 0.749. The average molecular weight is 226 g/mol. The summed E-state index contributed by atoms with van der Waals surface area (Å²) >= 11 is 0. The van der Waals surface area contributed by atoms with Crippen LogP contribution in [0.4, 0.5) is 0 Å². The third kappa shape index (κ3) is 5.31. The molecule has 0 aromatic carbocycles. The summed E-state index contributed by atoms with van der Waals surface area (Å²) in [6, 6.07) is 0.629. The van der Waals surface area contributed by atoms with Crippen LogP contribution < -0.4 is 5.32 Å². The molecule has 0 heterocycles. The highest BCUT2D eigenvalue weighted by Crippen LogP contribution is 2.27. The van der Waals surface area contributed by atoms with Crippen LogP contribution in [0, 0.1) is 11.8 Å². The second-order valence-corrected chi connectivity index (χ2v) is 5.79. The van der Waals surface area contributed by atoms with Crippen molar-refractivity contribution in [2.24, 2.45) is 11.8 Å². The van der Waals surface area contributed by atoms with Crippen molar-refractivity contribution in [3.63, 3.8) is 0 Å². The van der Waals surface area contributed by atoms with E-state index in [1.807, 2.05) is 0 Å². The van der Waals surface area contributed by atoms with Crippen molar-refractivity contribution in [2.45, 2.75) is 52.5 Å². The van der Waals surface area contributed by atoms with Crippen LogP contribution in [-0.2, 0) is 0 Å². The van der Waals surface area contributed by atoms with Crippen LogP contribution in [-0.4, -0.2) is 37.6 Å². The van der Waals surface area contributed by atoms with Gasteiger partial charge in [-0.3, -0.25) is 0 Å². The molecule has 0 saturated heterocycles. The summed E-state index contributed by atoms with van der Waals surface area (Å²) in [6.45, 7) is 10.5. The molecule has 1 aliphatic rings. The molecule has 0 bridgehead atoms. The molecule has 1 rings (SSSR count). The molecule has 2 heteroatoms. The van der Waals surface area contributed by atoms with E-state index < -0.39 is 0 Å². The van der Waals surface area contributed by atoms with Gasteiger partial charge in [-0.15, -0.1) is 0 Å². The van der Waals surface area contributed by atoms with Crippen LogP contribution in [0.2, 0.25) is 0 Å². The van der Waals surface area contributed by atoms with Gasteiger partial charge in [-0.05, 0) is 51.7 Å². The summed E-state index contributed by atoms with van der Waals surface area (Å²) in [6.07, 6.45) is 5.75. The molecular weight excluding hydrogens is 196 g/mol. The van der Waals surface area contributed by atoms with Crippen molar-refractivity contribution in [3.05, 3.63) is 0 Å². The zero-order chi connectivity index (χ0) is 12.0. The molecule has 96 valence electrons. The fourth-order valence-electron chi connectivity index (χ4n) is 2.56. The van der Waals surface area contributed by atoms with Crippen LogP contribution in [0.5, 0.6) is 0 Å². The van der Waals surface area contributed by atoms with Crippen LogP contribution in [0.25, 0.3) is 0 Å². The van der Waals surface area contributed by atoms with Gasteiger partial charge in [-0.1, -0.05) is 26.7 Å². The SMILES string of the molecule is CCN(C)CC(C)NCC1CCC(C)CC1. The molecule has 1 fully saturated rings. The summed E-state index contributed by atoms with van der Waals surface area (Å²) in [5.41, 5.74) is 0. The van der Waals surface area contributed by atoms with Gasteiger partial charge in [0.1, 0.15) is 0 Å². The lowest BCUT2D eigenvalue weighted by atomic mass is 9.83. The number of hydrogen-bond acceptors (Lipinski definition) is 2. The molecule has 1 saturated carbocycles. The molecule has 16 heavy (non-hydrogen) atoms. The van der Waals surface area contributed by atoms with Gasteiger partial charge in [0.25, 0.3) is 0 Å². The van der Waals surface area contributed by atoms with Crippen molar-refractivity contribution in [1.29, 1.82) is 0 Å². The molecule has 1 aliphatic carbocycles. The second-order valence-electron chi connectivity index (χ2n) is 5.79. The Morgan fingerprint density at radius 3 is 2.44 bits per heavy atom. The Bertz CT molecular complexity index is 174. The molecule has 0 radical (unpaired) electrons. The predicted octanol–water partition coefficient (Wildman–Crippen LogP) is 2.74. The summed E-state index contributed by atoms with van der Waals surface area (Å²) in [5.74, 6) is 1.91. The van der Waals surface area contributed by atoms with Crippen molar-refractivity contribution in [1.82, 2.24) is 10.2 Å². The highest BCUT2D eigenvalue weighted by atomic mass is 15.1. The van der Waals surface area contributed by atoms with Crippen LogP contribution >= 0.6 is 0 Å². The van der Waals surface area contributed by atoms with E-state index in [1.54, 1.807) is 0 Å². The van der Waals surface area contributed by atoms with E-state index >= 15 is 0 Å². The minimum atomic E-state index is 0.629. The van der Waals surface area contributed by atoms with Crippen molar-refractivity contribution >= 4 is 0 Å². The first-order valence-electron chi connectivity index (χ1n) is 7.03. The fourth-order valence-corrected chi connectivity index (χ4v) is 2.56. The average Bonchev–Trinajstić information content (AvgIpc) is 2.28. The molecule has 0 aromatic heterocycles. The first-order valence-corrected chi connectivity index (χ1v) is 7.03. The fraction of sp³-hybridized carbons (Fsp3) is 1.00. The summed E-state index contributed by atoms with van der Waals surface area (Å²) in [5, 5.41) is 3.69. The normalized spacial score (nSPS) is 28.3. The van der Waals surface area contributed by atoms with Crippen molar-refractivity contribution < 1.29 is 0 Å². The minimum absolute atomic E-state index is 0.629. The molecule has 0 spiro atoms. The van der Waals surface area contributed by atoms with Gasteiger partial charge >= 0.3 is 0 Å². The van der Waals surface area contributed by atoms with Gasteiger partial charge in [-0.25, -0.2) is 0 Å². The third-order valence-corrected chi connectivity index (χ3v) is 4.02. The van der Waals surface area contributed by atoms with Gasteiger partial charge in [0.2, 0.25) is 0 Å². The van der Waals surface area contributed by atoms with E-state index in [0.29, 0.717) is 6.04 Å². The maximum absolute atomic E-state index is 3.69. The van der Waals surface area contributed by atoms with Gasteiger partial charge < -0.3 is 10.2 Å². The Morgan fingerprint density at radius 1 is 1.25 bits per heavy atom. The van der Waals surface area contributed by atoms with Gasteiger partial charge in [-0.2, -0.15) is 0 Å². The maximum atomic E-state index is 3.69. The van der Waals surface area contributed by atoms with E-state index in [4.69, 9.17) is 0 Å². The number of likely N-dealkylation sites (N-methyl/N-ethyl adjacent to an activating group) is 1. The third-order valence-electron chi connectivity index (χ3n) is 4.02. The van der Waals surface area contributed by atoms with E-state index in [1.165, 1.54) is 38.8 Å².